The molecule has 0 saturated heterocycles. The summed E-state index contributed by atoms with van der Waals surface area (Å²) in [6.45, 7) is 3.34. The van der Waals surface area contributed by atoms with Gasteiger partial charge in [-0.2, -0.15) is 0 Å². The standard InChI is InChI=1S/C15H17FN2/c1-2-18(15-10-6-5-9-14(15)17)11-12-7-3-4-8-13(12)16/h3-10H,2,11,17H2,1H3. The number of nitrogens with two attached hydrogens (primary N) is 1. The molecule has 0 amide bonds. The van der Waals surface area contributed by atoms with Gasteiger partial charge in [0.2, 0.25) is 0 Å². The van der Waals surface area contributed by atoms with Crippen LogP contribution in [0.5, 0.6) is 0 Å². The van der Waals surface area contributed by atoms with Gasteiger partial charge in [0.25, 0.3) is 0 Å². The molecule has 0 aromatic heterocycles. The maximum absolute atomic E-state index is 13.6. The molecule has 2 aromatic rings. The summed E-state index contributed by atoms with van der Waals surface area (Å²) in [6.07, 6.45) is 0. The Balaban J connectivity index is 2.26. The molecule has 0 aliphatic rings. The monoisotopic (exact) mass is 244 g/mol. The molecule has 2 N–H and O–H groups in total. The number of hydrogen-bond donors (Lipinski definition) is 1. The van der Waals surface area contributed by atoms with E-state index in [1.165, 1.54) is 6.07 Å². The molecule has 0 aliphatic heterocycles. The molecule has 0 unspecified atom stereocenters. The van der Waals surface area contributed by atoms with Crippen molar-refractivity contribution in [1.82, 2.24) is 0 Å². The van der Waals surface area contributed by atoms with Crippen LogP contribution in [0.4, 0.5) is 15.8 Å². The van der Waals surface area contributed by atoms with Crippen molar-refractivity contribution in [1.29, 1.82) is 0 Å². The lowest BCUT2D eigenvalue weighted by Crippen LogP contribution is -2.23. The first-order valence-electron chi connectivity index (χ1n) is 6.05. The van der Waals surface area contributed by atoms with Gasteiger partial charge in [0, 0.05) is 18.7 Å². The summed E-state index contributed by atoms with van der Waals surface area (Å²) in [5.41, 5.74) is 8.30. The van der Waals surface area contributed by atoms with Gasteiger partial charge < -0.3 is 10.6 Å². The fourth-order valence-electron chi connectivity index (χ4n) is 1.98. The molecule has 0 fully saturated rings. The summed E-state index contributed by atoms with van der Waals surface area (Å²) in [5.74, 6) is -0.176. The minimum Gasteiger partial charge on any atom is -0.397 e. The van der Waals surface area contributed by atoms with Crippen molar-refractivity contribution in [2.45, 2.75) is 13.5 Å². The Morgan fingerprint density at radius 2 is 1.72 bits per heavy atom. The Labute approximate surface area is 107 Å². The Hall–Kier alpha value is -2.03. The molecule has 0 aliphatic carbocycles. The van der Waals surface area contributed by atoms with Gasteiger partial charge in [-0.15, -0.1) is 0 Å². The molecule has 3 heteroatoms. The number of halogens is 1. The van der Waals surface area contributed by atoms with Crippen molar-refractivity contribution in [3.63, 3.8) is 0 Å². The van der Waals surface area contributed by atoms with Crippen molar-refractivity contribution < 1.29 is 4.39 Å². The zero-order valence-corrected chi connectivity index (χ0v) is 10.4. The molecule has 94 valence electrons. The van der Waals surface area contributed by atoms with E-state index in [1.54, 1.807) is 12.1 Å². The van der Waals surface area contributed by atoms with E-state index < -0.39 is 0 Å². The van der Waals surface area contributed by atoms with Gasteiger partial charge in [0.1, 0.15) is 5.82 Å². The first-order valence-corrected chi connectivity index (χ1v) is 6.05. The third kappa shape index (κ3) is 2.62. The second-order valence-electron chi connectivity index (χ2n) is 4.16. The number of hydrogen-bond acceptors (Lipinski definition) is 2. The Morgan fingerprint density at radius 1 is 1.06 bits per heavy atom. The first-order chi connectivity index (χ1) is 8.72. The molecule has 0 atom stereocenters. The van der Waals surface area contributed by atoms with E-state index in [9.17, 15) is 4.39 Å². The van der Waals surface area contributed by atoms with E-state index in [1.807, 2.05) is 37.3 Å². The summed E-state index contributed by atoms with van der Waals surface area (Å²) in [4.78, 5) is 2.06. The van der Waals surface area contributed by atoms with Gasteiger partial charge in [0.15, 0.2) is 0 Å². The number of rotatable bonds is 4. The van der Waals surface area contributed by atoms with Gasteiger partial charge >= 0.3 is 0 Å². The molecule has 18 heavy (non-hydrogen) atoms. The number of anilines is 2. The Bertz CT molecular complexity index is 525. The van der Waals surface area contributed by atoms with Crippen LogP contribution in [-0.4, -0.2) is 6.54 Å². The molecule has 0 radical (unpaired) electrons. The summed E-state index contributed by atoms with van der Waals surface area (Å²) in [7, 11) is 0. The van der Waals surface area contributed by atoms with E-state index in [4.69, 9.17) is 5.73 Å². The predicted molar refractivity (Wildman–Crippen MR) is 74.0 cm³/mol. The van der Waals surface area contributed by atoms with E-state index in [0.717, 1.165) is 17.9 Å². The minimum absolute atomic E-state index is 0.176. The average Bonchev–Trinajstić information content (AvgIpc) is 2.39. The largest absolute Gasteiger partial charge is 0.397 e. The molecule has 0 saturated carbocycles. The first kappa shape index (κ1) is 12.4. The van der Waals surface area contributed by atoms with Crippen LogP contribution in [0.2, 0.25) is 0 Å². The van der Waals surface area contributed by atoms with E-state index in [-0.39, 0.29) is 5.82 Å². The molecular weight excluding hydrogens is 227 g/mol. The normalized spacial score (nSPS) is 10.3. The Morgan fingerprint density at radius 3 is 2.39 bits per heavy atom. The van der Waals surface area contributed by atoms with Crippen LogP contribution in [0.3, 0.4) is 0 Å². The summed E-state index contributed by atoms with van der Waals surface area (Å²) in [6, 6.07) is 14.5. The number of nitrogens with zero attached hydrogens (tertiary/aromatic N) is 1. The highest BCUT2D eigenvalue weighted by Crippen LogP contribution is 2.24. The zero-order valence-electron chi connectivity index (χ0n) is 10.4. The lowest BCUT2D eigenvalue weighted by molar-refractivity contribution is 0.605. The fourth-order valence-corrected chi connectivity index (χ4v) is 1.98. The molecule has 0 spiro atoms. The summed E-state index contributed by atoms with van der Waals surface area (Å²) >= 11 is 0. The highest BCUT2D eigenvalue weighted by molar-refractivity contribution is 5.67. The SMILES string of the molecule is CCN(Cc1ccccc1F)c1ccccc1N. The van der Waals surface area contributed by atoms with Crippen LogP contribution in [0.15, 0.2) is 48.5 Å². The average molecular weight is 244 g/mol. The third-order valence-electron chi connectivity index (χ3n) is 2.98. The van der Waals surface area contributed by atoms with Crippen LogP contribution in [0.25, 0.3) is 0 Å². The summed E-state index contributed by atoms with van der Waals surface area (Å²) in [5, 5.41) is 0. The van der Waals surface area contributed by atoms with Crippen molar-refractivity contribution in [2.24, 2.45) is 0 Å². The van der Waals surface area contributed by atoms with E-state index >= 15 is 0 Å². The van der Waals surface area contributed by atoms with Gasteiger partial charge in [-0.1, -0.05) is 30.3 Å². The second kappa shape index (κ2) is 5.54. The lowest BCUT2D eigenvalue weighted by atomic mass is 10.1. The van der Waals surface area contributed by atoms with E-state index in [2.05, 4.69) is 4.90 Å². The number of benzene rings is 2. The molecular formula is C15H17FN2. The molecule has 2 rings (SSSR count). The third-order valence-corrected chi connectivity index (χ3v) is 2.98. The van der Waals surface area contributed by atoms with Crippen LogP contribution < -0.4 is 10.6 Å². The van der Waals surface area contributed by atoms with Gasteiger partial charge in [-0.05, 0) is 25.1 Å². The van der Waals surface area contributed by atoms with Crippen molar-refractivity contribution in [3.05, 3.63) is 59.9 Å². The molecule has 2 nitrogen and oxygen atoms in total. The molecule has 0 bridgehead atoms. The van der Waals surface area contributed by atoms with Crippen LogP contribution >= 0.6 is 0 Å². The number of nitrogen functional groups attached to an aromatic ring is 1. The van der Waals surface area contributed by atoms with Crippen LogP contribution in [0, 0.1) is 5.82 Å². The fraction of sp³-hybridized carbons (Fsp3) is 0.200. The smallest absolute Gasteiger partial charge is 0.128 e. The van der Waals surface area contributed by atoms with E-state index in [0.29, 0.717) is 12.1 Å². The quantitative estimate of drug-likeness (QED) is 0.835. The van der Waals surface area contributed by atoms with Gasteiger partial charge in [-0.25, -0.2) is 4.39 Å². The number of para-hydroxylation sites is 2. The van der Waals surface area contributed by atoms with Crippen molar-refractivity contribution in [3.8, 4) is 0 Å². The highest BCUT2D eigenvalue weighted by atomic mass is 19.1. The van der Waals surface area contributed by atoms with Crippen molar-refractivity contribution in [2.75, 3.05) is 17.2 Å². The highest BCUT2D eigenvalue weighted by Gasteiger charge is 2.10. The van der Waals surface area contributed by atoms with Gasteiger partial charge in [0.05, 0.1) is 11.4 Å². The van der Waals surface area contributed by atoms with Crippen LogP contribution in [-0.2, 0) is 6.54 Å². The summed E-state index contributed by atoms with van der Waals surface area (Å²) < 4.78 is 13.6. The van der Waals surface area contributed by atoms with Gasteiger partial charge in [-0.3, -0.25) is 0 Å². The zero-order chi connectivity index (χ0) is 13.0. The molecule has 0 heterocycles. The topological polar surface area (TPSA) is 29.3 Å². The van der Waals surface area contributed by atoms with Crippen LogP contribution in [0.1, 0.15) is 12.5 Å². The second-order valence-corrected chi connectivity index (χ2v) is 4.16. The maximum Gasteiger partial charge on any atom is 0.128 e. The lowest BCUT2D eigenvalue weighted by Gasteiger charge is -2.24. The maximum atomic E-state index is 13.6. The Kier molecular flexibility index (Phi) is 3.82. The molecule has 2 aromatic carbocycles. The van der Waals surface area contributed by atoms with Crippen molar-refractivity contribution >= 4 is 11.4 Å². The minimum atomic E-state index is -0.176. The predicted octanol–water partition coefficient (Wildman–Crippen LogP) is 3.43.